The molecular weight excluding hydrogens is 244 g/mol. The third-order valence-corrected chi connectivity index (χ3v) is 3.89. The smallest absolute Gasteiger partial charge is 0.316 e. The molecule has 1 saturated heterocycles. The number of likely N-dealkylation sites (N-methyl/N-ethyl adjacent to an activating group) is 1. The Morgan fingerprint density at radius 3 is 2.37 bits per heavy atom. The molecule has 0 amide bonds. The van der Waals surface area contributed by atoms with E-state index in [1.807, 2.05) is 25.9 Å². The summed E-state index contributed by atoms with van der Waals surface area (Å²) in [6.45, 7) is 5.67. The van der Waals surface area contributed by atoms with E-state index in [2.05, 4.69) is 5.32 Å². The summed E-state index contributed by atoms with van der Waals surface area (Å²) < 4.78 is 5.11. The van der Waals surface area contributed by atoms with Gasteiger partial charge in [0.2, 0.25) is 0 Å². The molecule has 110 valence electrons. The van der Waals surface area contributed by atoms with Crippen molar-refractivity contribution in [2.75, 3.05) is 33.8 Å². The molecule has 19 heavy (non-hydrogen) atoms. The number of nitrogens with zero attached hydrogens (tertiary/aromatic N) is 1. The average molecular weight is 270 g/mol. The fraction of sp³-hybridized carbons (Fsp3) is 0.857. The monoisotopic (exact) mass is 270 g/mol. The number of carbonyl (C=O) groups is 2. The molecule has 1 fully saturated rings. The highest BCUT2D eigenvalue weighted by Gasteiger charge is 2.38. The summed E-state index contributed by atoms with van der Waals surface area (Å²) in [6, 6.07) is -0.260. The van der Waals surface area contributed by atoms with E-state index < -0.39 is 5.92 Å². The van der Waals surface area contributed by atoms with Crippen LogP contribution in [0, 0.1) is 11.8 Å². The largest absolute Gasteiger partial charge is 0.465 e. The predicted octanol–water partition coefficient (Wildman–Crippen LogP) is 0.685. The predicted molar refractivity (Wildman–Crippen MR) is 73.9 cm³/mol. The highest BCUT2D eigenvalue weighted by atomic mass is 16.5. The van der Waals surface area contributed by atoms with Crippen LogP contribution in [-0.4, -0.2) is 56.5 Å². The van der Waals surface area contributed by atoms with E-state index in [1.165, 1.54) is 0 Å². The van der Waals surface area contributed by atoms with Gasteiger partial charge in [-0.1, -0.05) is 0 Å². The van der Waals surface area contributed by atoms with Gasteiger partial charge in [-0.25, -0.2) is 0 Å². The lowest BCUT2D eigenvalue weighted by Crippen LogP contribution is -2.46. The standard InChI is InChI=1S/C14H26N2O3/c1-5-19-14(18)12(11-6-8-15-9-7-11)13(17)10(2)16(3)4/h10-12,15H,5-9H2,1-4H3/t10-,12?/m0/s1. The number of rotatable bonds is 6. The molecular formula is C14H26N2O3. The van der Waals surface area contributed by atoms with Gasteiger partial charge in [0, 0.05) is 0 Å². The Labute approximate surface area is 115 Å². The second kappa shape index (κ2) is 7.60. The van der Waals surface area contributed by atoms with Crippen LogP contribution in [0.5, 0.6) is 0 Å². The van der Waals surface area contributed by atoms with E-state index in [4.69, 9.17) is 4.74 Å². The molecule has 0 aromatic carbocycles. The van der Waals surface area contributed by atoms with Crippen LogP contribution in [0.25, 0.3) is 0 Å². The van der Waals surface area contributed by atoms with Crippen LogP contribution in [0.15, 0.2) is 0 Å². The molecule has 1 heterocycles. The minimum Gasteiger partial charge on any atom is -0.465 e. The Balaban J connectivity index is 2.84. The molecule has 1 unspecified atom stereocenters. The van der Waals surface area contributed by atoms with E-state index in [9.17, 15) is 9.59 Å². The number of piperidine rings is 1. The van der Waals surface area contributed by atoms with Gasteiger partial charge in [0.25, 0.3) is 0 Å². The Hall–Kier alpha value is -0.940. The molecule has 1 aliphatic rings. The fourth-order valence-corrected chi connectivity index (χ4v) is 2.46. The van der Waals surface area contributed by atoms with Crippen molar-refractivity contribution in [1.29, 1.82) is 0 Å². The number of carbonyl (C=O) groups excluding carboxylic acids is 2. The van der Waals surface area contributed by atoms with Crippen LogP contribution < -0.4 is 5.32 Å². The molecule has 2 atom stereocenters. The topological polar surface area (TPSA) is 58.6 Å². The second-order valence-electron chi connectivity index (χ2n) is 5.36. The van der Waals surface area contributed by atoms with Crippen molar-refractivity contribution in [3.63, 3.8) is 0 Å². The Morgan fingerprint density at radius 1 is 1.32 bits per heavy atom. The van der Waals surface area contributed by atoms with Crippen molar-refractivity contribution in [3.05, 3.63) is 0 Å². The van der Waals surface area contributed by atoms with Gasteiger partial charge < -0.3 is 10.1 Å². The fourth-order valence-electron chi connectivity index (χ4n) is 2.46. The summed E-state index contributed by atoms with van der Waals surface area (Å²) in [5.74, 6) is -0.877. The lowest BCUT2D eigenvalue weighted by molar-refractivity contribution is -0.155. The van der Waals surface area contributed by atoms with Gasteiger partial charge in [0.1, 0.15) is 5.92 Å². The minimum absolute atomic E-state index is 0.0182. The number of Topliss-reactive ketones (excluding diaryl/α,β-unsaturated/α-hetero) is 1. The highest BCUT2D eigenvalue weighted by molar-refractivity contribution is 6.01. The van der Waals surface area contributed by atoms with Crippen molar-refractivity contribution >= 4 is 11.8 Å². The Bertz CT molecular complexity index is 312. The minimum atomic E-state index is -0.612. The van der Waals surface area contributed by atoms with Crippen molar-refractivity contribution in [3.8, 4) is 0 Å². The summed E-state index contributed by atoms with van der Waals surface area (Å²) in [7, 11) is 3.71. The third kappa shape index (κ3) is 4.28. The van der Waals surface area contributed by atoms with Crippen LogP contribution in [0.1, 0.15) is 26.7 Å². The van der Waals surface area contributed by atoms with Gasteiger partial charge >= 0.3 is 5.97 Å². The zero-order valence-corrected chi connectivity index (χ0v) is 12.4. The third-order valence-electron chi connectivity index (χ3n) is 3.89. The van der Waals surface area contributed by atoms with E-state index in [1.54, 1.807) is 6.92 Å². The Kier molecular flexibility index (Phi) is 6.45. The average Bonchev–Trinajstić information content (AvgIpc) is 2.39. The first-order valence-electron chi connectivity index (χ1n) is 7.06. The number of nitrogens with one attached hydrogen (secondary N) is 1. The molecule has 0 radical (unpaired) electrons. The lowest BCUT2D eigenvalue weighted by atomic mass is 9.80. The maximum atomic E-state index is 12.5. The maximum absolute atomic E-state index is 12.5. The molecule has 1 N–H and O–H groups in total. The van der Waals surface area contributed by atoms with E-state index in [0.29, 0.717) is 6.61 Å². The Morgan fingerprint density at radius 2 is 1.89 bits per heavy atom. The van der Waals surface area contributed by atoms with Gasteiger partial charge in [0.05, 0.1) is 12.6 Å². The SMILES string of the molecule is CCOC(=O)C(C(=O)[C@H](C)N(C)C)C1CCNCC1. The van der Waals surface area contributed by atoms with Crippen molar-refractivity contribution in [2.24, 2.45) is 11.8 Å². The summed E-state index contributed by atoms with van der Waals surface area (Å²) in [4.78, 5) is 26.5. The molecule has 0 bridgehead atoms. The molecule has 0 aromatic heterocycles. The zero-order chi connectivity index (χ0) is 14.4. The number of esters is 1. The molecule has 1 rings (SSSR count). The van der Waals surface area contributed by atoms with Gasteiger partial charge in [-0.3, -0.25) is 14.5 Å². The lowest BCUT2D eigenvalue weighted by Gasteiger charge is -2.31. The van der Waals surface area contributed by atoms with Crippen molar-refractivity contribution in [2.45, 2.75) is 32.7 Å². The molecule has 0 aliphatic carbocycles. The summed E-state index contributed by atoms with van der Waals surface area (Å²) in [6.07, 6.45) is 1.71. The zero-order valence-electron chi connectivity index (χ0n) is 12.4. The molecule has 0 saturated carbocycles. The molecule has 0 aromatic rings. The molecule has 5 heteroatoms. The first-order chi connectivity index (χ1) is 8.99. The van der Waals surface area contributed by atoms with E-state index in [-0.39, 0.29) is 23.7 Å². The number of ether oxygens (including phenoxy) is 1. The molecule has 5 nitrogen and oxygen atoms in total. The highest BCUT2D eigenvalue weighted by Crippen LogP contribution is 2.26. The van der Waals surface area contributed by atoms with Gasteiger partial charge in [-0.15, -0.1) is 0 Å². The first-order valence-corrected chi connectivity index (χ1v) is 7.06. The van der Waals surface area contributed by atoms with Gasteiger partial charge in [-0.05, 0) is 59.8 Å². The van der Waals surface area contributed by atoms with Crippen LogP contribution in [0.3, 0.4) is 0 Å². The van der Waals surface area contributed by atoms with Gasteiger partial charge in [0.15, 0.2) is 5.78 Å². The molecule has 0 spiro atoms. The summed E-state index contributed by atoms with van der Waals surface area (Å²) >= 11 is 0. The number of hydrogen-bond acceptors (Lipinski definition) is 5. The van der Waals surface area contributed by atoms with E-state index in [0.717, 1.165) is 25.9 Å². The van der Waals surface area contributed by atoms with Crippen LogP contribution in [0.4, 0.5) is 0 Å². The second-order valence-corrected chi connectivity index (χ2v) is 5.36. The van der Waals surface area contributed by atoms with E-state index >= 15 is 0 Å². The van der Waals surface area contributed by atoms with Crippen molar-refractivity contribution in [1.82, 2.24) is 10.2 Å². The van der Waals surface area contributed by atoms with Crippen LogP contribution in [-0.2, 0) is 14.3 Å². The van der Waals surface area contributed by atoms with Crippen molar-refractivity contribution < 1.29 is 14.3 Å². The summed E-state index contributed by atoms with van der Waals surface area (Å²) in [5, 5.41) is 3.26. The normalized spacial score (nSPS) is 20.1. The summed E-state index contributed by atoms with van der Waals surface area (Å²) in [5.41, 5.74) is 0. The molecule has 1 aliphatic heterocycles. The van der Waals surface area contributed by atoms with Crippen LogP contribution in [0.2, 0.25) is 0 Å². The van der Waals surface area contributed by atoms with Gasteiger partial charge in [-0.2, -0.15) is 0 Å². The first kappa shape index (κ1) is 16.1. The quantitative estimate of drug-likeness (QED) is 0.568. The number of hydrogen-bond donors (Lipinski definition) is 1. The van der Waals surface area contributed by atoms with Crippen LogP contribution >= 0.6 is 0 Å². The maximum Gasteiger partial charge on any atom is 0.316 e. The number of ketones is 1.